The normalized spacial score (nSPS) is 13.8. The molecule has 0 fully saturated rings. The smallest absolute Gasteiger partial charge is 0.125 e. The zero-order chi connectivity index (χ0) is 18.1. The van der Waals surface area contributed by atoms with Crippen molar-refractivity contribution in [3.8, 4) is 5.75 Å². The minimum Gasteiger partial charge on any atom is -0.507 e. The number of nitrogens with zero attached hydrogens (tertiary/aromatic N) is 1. The summed E-state index contributed by atoms with van der Waals surface area (Å²) in [6.07, 6.45) is 1.31. The van der Waals surface area contributed by atoms with Gasteiger partial charge in [0.15, 0.2) is 0 Å². The minimum absolute atomic E-state index is 0.0623. The molecule has 1 heterocycles. The molecule has 3 heteroatoms. The summed E-state index contributed by atoms with van der Waals surface area (Å²) in [5.74, 6) is 0.193. The summed E-state index contributed by atoms with van der Waals surface area (Å²) in [5.41, 5.74) is 3.10. The van der Waals surface area contributed by atoms with Gasteiger partial charge in [-0.3, -0.25) is 4.98 Å². The number of hydrogen-bond donors (Lipinski definition) is 2. The molecule has 1 aromatic heterocycles. The standard InChI is InChI=1S/C21H29NO2/c1-20(2,3)14-11-16(19(24)17(12-14)21(4,5)6)18(23)13-15-9-7-8-10-22-15/h7-12,18,23-24H,13H2,1-6H3. The van der Waals surface area contributed by atoms with Gasteiger partial charge in [-0.2, -0.15) is 0 Å². The molecule has 2 rings (SSSR count). The van der Waals surface area contributed by atoms with E-state index in [-0.39, 0.29) is 16.6 Å². The summed E-state index contributed by atoms with van der Waals surface area (Å²) in [6, 6.07) is 9.63. The Labute approximate surface area is 145 Å². The van der Waals surface area contributed by atoms with Crippen LogP contribution in [0.3, 0.4) is 0 Å². The Kier molecular flexibility index (Phi) is 5.05. The molecule has 24 heavy (non-hydrogen) atoms. The molecule has 1 aromatic carbocycles. The maximum absolute atomic E-state index is 10.8. The zero-order valence-electron chi connectivity index (χ0n) is 15.6. The Bertz CT molecular complexity index is 694. The van der Waals surface area contributed by atoms with Crippen LogP contribution in [0, 0.1) is 0 Å². The zero-order valence-corrected chi connectivity index (χ0v) is 15.6. The molecule has 0 aliphatic heterocycles. The Morgan fingerprint density at radius 3 is 2.17 bits per heavy atom. The van der Waals surface area contributed by atoms with Crippen LogP contribution < -0.4 is 0 Å². The first-order valence-electron chi connectivity index (χ1n) is 8.46. The molecule has 0 radical (unpaired) electrons. The number of rotatable bonds is 3. The van der Waals surface area contributed by atoms with E-state index in [9.17, 15) is 10.2 Å². The predicted molar refractivity (Wildman–Crippen MR) is 98.4 cm³/mol. The van der Waals surface area contributed by atoms with Gasteiger partial charge in [-0.15, -0.1) is 0 Å². The first-order valence-corrected chi connectivity index (χ1v) is 8.46. The molecular weight excluding hydrogens is 298 g/mol. The summed E-state index contributed by atoms with van der Waals surface area (Å²) in [4.78, 5) is 4.27. The molecule has 2 aromatic rings. The molecule has 0 amide bonds. The van der Waals surface area contributed by atoms with Gasteiger partial charge in [0.1, 0.15) is 5.75 Å². The van der Waals surface area contributed by atoms with Crippen LogP contribution in [0.4, 0.5) is 0 Å². The van der Waals surface area contributed by atoms with E-state index >= 15 is 0 Å². The highest BCUT2D eigenvalue weighted by molar-refractivity contribution is 5.49. The third-order valence-electron chi connectivity index (χ3n) is 4.30. The lowest BCUT2D eigenvalue weighted by molar-refractivity contribution is 0.172. The van der Waals surface area contributed by atoms with Gasteiger partial charge in [0.2, 0.25) is 0 Å². The van der Waals surface area contributed by atoms with Crippen LogP contribution in [0.1, 0.15) is 70.0 Å². The fourth-order valence-corrected chi connectivity index (χ4v) is 2.74. The molecule has 130 valence electrons. The Hall–Kier alpha value is -1.87. The largest absolute Gasteiger partial charge is 0.507 e. The first kappa shape index (κ1) is 18.5. The predicted octanol–water partition coefficient (Wildman–Crippen LogP) is 4.66. The van der Waals surface area contributed by atoms with Crippen molar-refractivity contribution in [2.75, 3.05) is 0 Å². The van der Waals surface area contributed by atoms with Crippen molar-refractivity contribution in [2.45, 2.75) is 64.9 Å². The van der Waals surface area contributed by atoms with Crippen molar-refractivity contribution in [2.24, 2.45) is 0 Å². The number of aromatic hydroxyl groups is 1. The van der Waals surface area contributed by atoms with E-state index in [0.717, 1.165) is 16.8 Å². The number of benzene rings is 1. The van der Waals surface area contributed by atoms with Crippen LogP contribution in [0.15, 0.2) is 36.5 Å². The quantitative estimate of drug-likeness (QED) is 0.862. The van der Waals surface area contributed by atoms with Gasteiger partial charge in [-0.1, -0.05) is 53.7 Å². The van der Waals surface area contributed by atoms with Gasteiger partial charge in [0, 0.05) is 23.9 Å². The Balaban J connectivity index is 2.51. The molecule has 1 unspecified atom stereocenters. The van der Waals surface area contributed by atoms with E-state index in [2.05, 4.69) is 52.6 Å². The maximum atomic E-state index is 10.8. The van der Waals surface area contributed by atoms with Crippen molar-refractivity contribution < 1.29 is 10.2 Å². The number of aliphatic hydroxyl groups is 1. The van der Waals surface area contributed by atoms with E-state index in [1.165, 1.54) is 0 Å². The second-order valence-electron chi connectivity index (χ2n) is 8.50. The summed E-state index contributed by atoms with van der Waals surface area (Å²) in [5, 5.41) is 21.5. The lowest BCUT2D eigenvalue weighted by atomic mass is 9.78. The van der Waals surface area contributed by atoms with Crippen LogP contribution in [0.2, 0.25) is 0 Å². The molecule has 1 atom stereocenters. The molecule has 0 spiro atoms. The van der Waals surface area contributed by atoms with Gasteiger partial charge in [0.25, 0.3) is 0 Å². The molecule has 3 nitrogen and oxygen atoms in total. The highest BCUT2D eigenvalue weighted by atomic mass is 16.3. The number of phenolic OH excluding ortho intramolecular Hbond substituents is 1. The van der Waals surface area contributed by atoms with Gasteiger partial charge >= 0.3 is 0 Å². The molecule has 0 bridgehead atoms. The second kappa shape index (κ2) is 6.56. The van der Waals surface area contributed by atoms with Crippen molar-refractivity contribution in [3.63, 3.8) is 0 Å². The van der Waals surface area contributed by atoms with Crippen molar-refractivity contribution >= 4 is 0 Å². The fourth-order valence-electron chi connectivity index (χ4n) is 2.74. The molecular formula is C21H29NO2. The fraction of sp³-hybridized carbons (Fsp3) is 0.476. The number of hydrogen-bond acceptors (Lipinski definition) is 3. The Morgan fingerprint density at radius 2 is 1.67 bits per heavy atom. The summed E-state index contributed by atoms with van der Waals surface area (Å²) < 4.78 is 0. The summed E-state index contributed by atoms with van der Waals surface area (Å²) in [6.45, 7) is 12.6. The van der Waals surface area contributed by atoms with E-state index < -0.39 is 6.10 Å². The number of phenols is 1. The average molecular weight is 327 g/mol. The monoisotopic (exact) mass is 327 g/mol. The molecule has 0 saturated carbocycles. The summed E-state index contributed by atoms with van der Waals surface area (Å²) >= 11 is 0. The van der Waals surface area contributed by atoms with Gasteiger partial charge in [0.05, 0.1) is 6.10 Å². The average Bonchev–Trinajstić information content (AvgIpc) is 2.45. The van der Waals surface area contributed by atoms with Crippen molar-refractivity contribution in [3.05, 3.63) is 58.9 Å². The van der Waals surface area contributed by atoms with Crippen LogP contribution in [0.5, 0.6) is 5.75 Å². The molecule has 0 aliphatic rings. The van der Waals surface area contributed by atoms with Crippen LogP contribution in [0.25, 0.3) is 0 Å². The number of aromatic nitrogens is 1. The third-order valence-corrected chi connectivity index (χ3v) is 4.30. The van der Waals surface area contributed by atoms with E-state index in [4.69, 9.17) is 0 Å². The van der Waals surface area contributed by atoms with Crippen LogP contribution in [-0.4, -0.2) is 15.2 Å². The maximum Gasteiger partial charge on any atom is 0.125 e. The molecule has 2 N–H and O–H groups in total. The second-order valence-corrected chi connectivity index (χ2v) is 8.50. The number of pyridine rings is 1. The molecule has 0 aliphatic carbocycles. The van der Waals surface area contributed by atoms with Crippen molar-refractivity contribution in [1.82, 2.24) is 4.98 Å². The highest BCUT2D eigenvalue weighted by Crippen LogP contribution is 2.40. The van der Waals surface area contributed by atoms with E-state index in [0.29, 0.717) is 12.0 Å². The lowest BCUT2D eigenvalue weighted by Gasteiger charge is -2.28. The summed E-state index contributed by atoms with van der Waals surface area (Å²) in [7, 11) is 0. The first-order chi connectivity index (χ1) is 11.0. The van der Waals surface area contributed by atoms with Crippen LogP contribution in [-0.2, 0) is 17.3 Å². The van der Waals surface area contributed by atoms with Gasteiger partial charge in [-0.05, 0) is 40.2 Å². The Morgan fingerprint density at radius 1 is 1.00 bits per heavy atom. The number of aliphatic hydroxyl groups excluding tert-OH is 1. The SMILES string of the molecule is CC(C)(C)c1cc(C(O)Cc2ccccn2)c(O)c(C(C)(C)C)c1. The van der Waals surface area contributed by atoms with Gasteiger partial charge < -0.3 is 10.2 Å². The molecule has 0 saturated heterocycles. The van der Waals surface area contributed by atoms with Crippen LogP contribution >= 0.6 is 0 Å². The van der Waals surface area contributed by atoms with E-state index in [1.807, 2.05) is 24.3 Å². The topological polar surface area (TPSA) is 53.4 Å². The van der Waals surface area contributed by atoms with Crippen molar-refractivity contribution in [1.29, 1.82) is 0 Å². The minimum atomic E-state index is -0.789. The third kappa shape index (κ3) is 4.15. The van der Waals surface area contributed by atoms with Gasteiger partial charge in [-0.25, -0.2) is 0 Å². The lowest BCUT2D eigenvalue weighted by Crippen LogP contribution is -2.18. The van der Waals surface area contributed by atoms with E-state index in [1.54, 1.807) is 6.20 Å². The highest BCUT2D eigenvalue weighted by Gasteiger charge is 2.27.